The summed E-state index contributed by atoms with van der Waals surface area (Å²) in [5.74, 6) is -0.478. The number of benzene rings is 2. The van der Waals surface area contributed by atoms with Crippen molar-refractivity contribution < 1.29 is 15.3 Å². The molecule has 0 aliphatic carbocycles. The molecule has 5 nitrogen and oxygen atoms in total. The molecule has 0 bridgehead atoms. The van der Waals surface area contributed by atoms with Gasteiger partial charge in [-0.25, -0.2) is 0 Å². The molecule has 0 fully saturated rings. The third-order valence-corrected chi connectivity index (χ3v) is 3.19. The van der Waals surface area contributed by atoms with E-state index in [4.69, 9.17) is 11.6 Å². The van der Waals surface area contributed by atoms with Gasteiger partial charge in [0.15, 0.2) is 11.5 Å². The van der Waals surface area contributed by atoms with Crippen molar-refractivity contribution in [3.63, 3.8) is 0 Å². The van der Waals surface area contributed by atoms with E-state index in [1.54, 1.807) is 30.5 Å². The van der Waals surface area contributed by atoms with E-state index in [1.807, 2.05) is 6.07 Å². The standard InChI is InChI=1S/C16H15ClN2O3/c17-13-6-5-12(15(21)16(13)22)10-19-8-7-18-9-11-3-1-2-4-14(11)20/h1-6,9-10,20-22H,7-8H2. The maximum absolute atomic E-state index is 9.68. The van der Waals surface area contributed by atoms with E-state index in [0.717, 1.165) is 0 Å². The van der Waals surface area contributed by atoms with E-state index in [0.29, 0.717) is 24.2 Å². The summed E-state index contributed by atoms with van der Waals surface area (Å²) in [5, 5.41) is 28.8. The Balaban J connectivity index is 1.89. The van der Waals surface area contributed by atoms with Crippen LogP contribution in [0.1, 0.15) is 11.1 Å². The molecule has 0 radical (unpaired) electrons. The quantitative estimate of drug-likeness (QED) is 0.450. The molecule has 0 amide bonds. The number of nitrogens with zero attached hydrogens (tertiary/aromatic N) is 2. The average molecular weight is 319 g/mol. The summed E-state index contributed by atoms with van der Waals surface area (Å²) >= 11 is 5.67. The molecule has 0 unspecified atom stereocenters. The fraction of sp³-hybridized carbons (Fsp3) is 0.125. The summed E-state index contributed by atoms with van der Waals surface area (Å²) in [5.41, 5.74) is 1.03. The van der Waals surface area contributed by atoms with Crippen molar-refractivity contribution in [2.45, 2.75) is 0 Å². The lowest BCUT2D eigenvalue weighted by molar-refractivity contribution is 0.403. The third-order valence-electron chi connectivity index (χ3n) is 2.89. The molecular weight excluding hydrogens is 304 g/mol. The Morgan fingerprint density at radius 1 is 0.818 bits per heavy atom. The van der Waals surface area contributed by atoms with E-state index in [-0.39, 0.29) is 22.3 Å². The van der Waals surface area contributed by atoms with E-state index in [1.165, 1.54) is 12.3 Å². The minimum absolute atomic E-state index is 0.0851. The molecule has 0 aliphatic heterocycles. The minimum atomic E-state index is -0.358. The SMILES string of the molecule is Oc1ccccc1C=NCCN=Cc1ccc(Cl)c(O)c1O. The lowest BCUT2D eigenvalue weighted by Gasteiger charge is -2.02. The molecule has 0 saturated heterocycles. The Bertz CT molecular complexity index is 715. The van der Waals surface area contributed by atoms with Gasteiger partial charge in [0.25, 0.3) is 0 Å². The molecule has 0 heterocycles. The van der Waals surface area contributed by atoms with Gasteiger partial charge in [0.05, 0.1) is 18.1 Å². The first-order valence-electron chi connectivity index (χ1n) is 6.57. The van der Waals surface area contributed by atoms with Crippen LogP contribution in [0.25, 0.3) is 0 Å². The maximum atomic E-state index is 9.68. The highest BCUT2D eigenvalue weighted by Crippen LogP contribution is 2.34. The van der Waals surface area contributed by atoms with E-state index in [2.05, 4.69) is 9.98 Å². The maximum Gasteiger partial charge on any atom is 0.177 e. The number of phenolic OH excluding ortho intramolecular Hbond substituents is 3. The van der Waals surface area contributed by atoms with Crippen molar-refractivity contribution in [1.29, 1.82) is 0 Å². The molecule has 0 atom stereocenters. The molecule has 0 aliphatic rings. The number of aromatic hydroxyl groups is 3. The molecule has 0 aromatic heterocycles. The van der Waals surface area contributed by atoms with Crippen LogP contribution in [0.4, 0.5) is 0 Å². The van der Waals surface area contributed by atoms with Gasteiger partial charge in [0, 0.05) is 23.6 Å². The largest absolute Gasteiger partial charge is 0.507 e. The van der Waals surface area contributed by atoms with Crippen LogP contribution in [-0.4, -0.2) is 40.8 Å². The monoisotopic (exact) mass is 318 g/mol. The van der Waals surface area contributed by atoms with Crippen molar-refractivity contribution in [2.24, 2.45) is 9.98 Å². The summed E-state index contributed by atoms with van der Waals surface area (Å²) < 4.78 is 0. The number of hydrogen-bond donors (Lipinski definition) is 3. The van der Waals surface area contributed by atoms with Gasteiger partial charge in [-0.15, -0.1) is 0 Å². The van der Waals surface area contributed by atoms with Gasteiger partial charge in [0.2, 0.25) is 0 Å². The van der Waals surface area contributed by atoms with Gasteiger partial charge in [-0.05, 0) is 24.3 Å². The Labute approximate surface area is 132 Å². The van der Waals surface area contributed by atoms with Gasteiger partial charge in [-0.3, -0.25) is 9.98 Å². The van der Waals surface area contributed by atoms with Crippen LogP contribution < -0.4 is 0 Å². The van der Waals surface area contributed by atoms with Crippen LogP contribution in [0.3, 0.4) is 0 Å². The first kappa shape index (κ1) is 15.9. The van der Waals surface area contributed by atoms with Gasteiger partial charge in [0.1, 0.15) is 5.75 Å². The summed E-state index contributed by atoms with van der Waals surface area (Å²) in [6, 6.07) is 9.95. The normalized spacial score (nSPS) is 11.5. The second kappa shape index (κ2) is 7.47. The number of aliphatic imine (C=N–C) groups is 2. The molecule has 114 valence electrons. The fourth-order valence-corrected chi connectivity index (χ4v) is 1.87. The van der Waals surface area contributed by atoms with Crippen molar-refractivity contribution in [3.8, 4) is 17.2 Å². The predicted octanol–water partition coefficient (Wildman–Crippen LogP) is 2.99. The highest BCUT2D eigenvalue weighted by Gasteiger charge is 2.08. The molecule has 0 spiro atoms. The molecular formula is C16H15ClN2O3. The zero-order chi connectivity index (χ0) is 15.9. The second-order valence-electron chi connectivity index (χ2n) is 4.46. The Hall–Kier alpha value is -2.53. The van der Waals surface area contributed by atoms with Crippen LogP contribution >= 0.6 is 11.6 Å². The van der Waals surface area contributed by atoms with Crippen molar-refractivity contribution >= 4 is 24.0 Å². The highest BCUT2D eigenvalue weighted by atomic mass is 35.5. The lowest BCUT2D eigenvalue weighted by atomic mass is 10.2. The van der Waals surface area contributed by atoms with Crippen molar-refractivity contribution in [2.75, 3.05) is 13.1 Å². The average Bonchev–Trinajstić information content (AvgIpc) is 2.52. The first-order chi connectivity index (χ1) is 10.6. The van der Waals surface area contributed by atoms with E-state index in [9.17, 15) is 15.3 Å². The summed E-state index contributed by atoms with van der Waals surface area (Å²) in [6.45, 7) is 0.845. The zero-order valence-corrected chi connectivity index (χ0v) is 12.4. The number of para-hydroxylation sites is 1. The summed E-state index contributed by atoms with van der Waals surface area (Å²) in [4.78, 5) is 8.27. The van der Waals surface area contributed by atoms with Crippen LogP contribution in [0.15, 0.2) is 46.4 Å². The van der Waals surface area contributed by atoms with Crippen molar-refractivity contribution in [1.82, 2.24) is 0 Å². The van der Waals surface area contributed by atoms with Crippen LogP contribution in [-0.2, 0) is 0 Å². The van der Waals surface area contributed by atoms with Gasteiger partial charge in [-0.2, -0.15) is 0 Å². The van der Waals surface area contributed by atoms with E-state index < -0.39 is 0 Å². The zero-order valence-electron chi connectivity index (χ0n) is 11.6. The third kappa shape index (κ3) is 3.99. The smallest absolute Gasteiger partial charge is 0.177 e. The van der Waals surface area contributed by atoms with Gasteiger partial charge in [-0.1, -0.05) is 23.7 Å². The topological polar surface area (TPSA) is 85.4 Å². The number of halogens is 1. The molecule has 22 heavy (non-hydrogen) atoms. The van der Waals surface area contributed by atoms with Crippen molar-refractivity contribution in [3.05, 3.63) is 52.5 Å². The molecule has 2 rings (SSSR count). The van der Waals surface area contributed by atoms with E-state index >= 15 is 0 Å². The second-order valence-corrected chi connectivity index (χ2v) is 4.87. The summed E-state index contributed by atoms with van der Waals surface area (Å²) in [7, 11) is 0. The first-order valence-corrected chi connectivity index (χ1v) is 6.95. The van der Waals surface area contributed by atoms with Crippen LogP contribution in [0, 0.1) is 0 Å². The lowest BCUT2D eigenvalue weighted by Crippen LogP contribution is -1.91. The molecule has 3 N–H and O–H groups in total. The molecule has 2 aromatic carbocycles. The highest BCUT2D eigenvalue weighted by molar-refractivity contribution is 6.32. The van der Waals surface area contributed by atoms with Gasteiger partial charge < -0.3 is 15.3 Å². The number of hydrogen-bond acceptors (Lipinski definition) is 5. The number of phenols is 3. The molecule has 2 aromatic rings. The van der Waals surface area contributed by atoms with Crippen LogP contribution in [0.2, 0.25) is 5.02 Å². The predicted molar refractivity (Wildman–Crippen MR) is 87.8 cm³/mol. The van der Waals surface area contributed by atoms with Gasteiger partial charge >= 0.3 is 0 Å². The fourth-order valence-electron chi connectivity index (χ4n) is 1.71. The Kier molecular flexibility index (Phi) is 5.38. The Morgan fingerprint density at radius 2 is 1.45 bits per heavy atom. The molecule has 6 heteroatoms. The minimum Gasteiger partial charge on any atom is -0.507 e. The molecule has 0 saturated carbocycles. The summed E-state index contributed by atoms with van der Waals surface area (Å²) in [6.07, 6.45) is 3.03. The Morgan fingerprint density at radius 3 is 2.14 bits per heavy atom. The van der Waals surface area contributed by atoms with Crippen LogP contribution in [0.5, 0.6) is 17.2 Å². The number of rotatable bonds is 5.